The molecule has 0 spiro atoms. The van der Waals surface area contributed by atoms with Crippen LogP contribution >= 0.6 is 0 Å². The van der Waals surface area contributed by atoms with Gasteiger partial charge < -0.3 is 14.8 Å². The topological polar surface area (TPSA) is 30.5 Å². The molecule has 4 heteroatoms. The van der Waals surface area contributed by atoms with Crippen LogP contribution < -0.4 is 14.8 Å². The highest BCUT2D eigenvalue weighted by Crippen LogP contribution is 2.26. The molecule has 3 nitrogen and oxygen atoms in total. The second kappa shape index (κ2) is 14.8. The predicted molar refractivity (Wildman–Crippen MR) is 123 cm³/mol. The van der Waals surface area contributed by atoms with E-state index < -0.39 is 0 Å². The van der Waals surface area contributed by atoms with Crippen molar-refractivity contribution in [3.8, 4) is 11.5 Å². The molecule has 0 aliphatic carbocycles. The van der Waals surface area contributed by atoms with Crippen LogP contribution in [-0.2, 0) is 13.1 Å². The third-order valence-corrected chi connectivity index (χ3v) is 5.12. The van der Waals surface area contributed by atoms with Crippen LogP contribution in [0.5, 0.6) is 11.5 Å². The van der Waals surface area contributed by atoms with Gasteiger partial charge in [0, 0.05) is 24.7 Å². The maximum absolute atomic E-state index is 13.1. The zero-order valence-corrected chi connectivity index (χ0v) is 18.7. The van der Waals surface area contributed by atoms with E-state index in [1.807, 2.05) is 24.3 Å². The molecule has 0 saturated carbocycles. The first-order valence-electron chi connectivity index (χ1n) is 11.6. The number of ether oxygens (including phenoxy) is 2. The van der Waals surface area contributed by atoms with E-state index in [1.54, 1.807) is 0 Å². The standard InChI is InChI=1S/C26H38FNO2/c1-3-5-7-9-17-29-25-16-13-23(26(19-25)30-18-10-8-6-4-2)21-28-20-22-11-14-24(27)15-12-22/h11-16,19,28H,3-10,17-18,20-21H2,1-2H3. The molecule has 0 saturated heterocycles. The predicted octanol–water partition coefficient (Wildman–Crippen LogP) is 7.03. The van der Waals surface area contributed by atoms with Crippen molar-refractivity contribution in [1.29, 1.82) is 0 Å². The quantitative estimate of drug-likeness (QED) is 0.298. The summed E-state index contributed by atoms with van der Waals surface area (Å²) in [7, 11) is 0. The summed E-state index contributed by atoms with van der Waals surface area (Å²) in [5.74, 6) is 1.56. The second-order valence-corrected chi connectivity index (χ2v) is 7.82. The van der Waals surface area contributed by atoms with Crippen LogP contribution in [0, 0.1) is 5.82 Å². The summed E-state index contributed by atoms with van der Waals surface area (Å²) in [4.78, 5) is 0. The fourth-order valence-corrected chi connectivity index (χ4v) is 3.28. The molecule has 2 aromatic carbocycles. The molecular formula is C26H38FNO2. The average Bonchev–Trinajstić information content (AvgIpc) is 2.76. The monoisotopic (exact) mass is 415 g/mol. The molecule has 0 aliphatic rings. The minimum Gasteiger partial charge on any atom is -0.493 e. The van der Waals surface area contributed by atoms with Crippen LogP contribution in [0.15, 0.2) is 42.5 Å². The third-order valence-electron chi connectivity index (χ3n) is 5.12. The second-order valence-electron chi connectivity index (χ2n) is 7.82. The molecule has 1 N–H and O–H groups in total. The summed E-state index contributed by atoms with van der Waals surface area (Å²) in [6, 6.07) is 12.7. The lowest BCUT2D eigenvalue weighted by molar-refractivity contribution is 0.288. The molecule has 0 amide bonds. The van der Waals surface area contributed by atoms with Gasteiger partial charge in [-0.15, -0.1) is 0 Å². The Balaban J connectivity index is 1.90. The fourth-order valence-electron chi connectivity index (χ4n) is 3.28. The Morgan fingerprint density at radius 1 is 0.733 bits per heavy atom. The van der Waals surface area contributed by atoms with Crippen molar-refractivity contribution in [2.75, 3.05) is 13.2 Å². The third kappa shape index (κ3) is 9.62. The number of benzene rings is 2. The van der Waals surface area contributed by atoms with E-state index in [9.17, 15) is 4.39 Å². The Kier molecular flexibility index (Phi) is 12.0. The van der Waals surface area contributed by atoms with Crippen LogP contribution in [0.4, 0.5) is 4.39 Å². The molecule has 0 radical (unpaired) electrons. The van der Waals surface area contributed by atoms with Crippen molar-refractivity contribution in [2.45, 2.75) is 78.3 Å². The van der Waals surface area contributed by atoms with E-state index in [0.29, 0.717) is 13.1 Å². The summed E-state index contributed by atoms with van der Waals surface area (Å²) in [5.41, 5.74) is 2.18. The molecule has 0 fully saturated rings. The van der Waals surface area contributed by atoms with E-state index in [1.165, 1.54) is 50.7 Å². The Morgan fingerprint density at radius 3 is 2.07 bits per heavy atom. The molecule has 2 rings (SSSR count). The number of hydrogen-bond donors (Lipinski definition) is 1. The van der Waals surface area contributed by atoms with Crippen molar-refractivity contribution >= 4 is 0 Å². The SMILES string of the molecule is CCCCCCOc1ccc(CNCc2ccc(F)cc2)c(OCCCCCC)c1. The minimum absolute atomic E-state index is 0.206. The van der Waals surface area contributed by atoms with Gasteiger partial charge in [0.2, 0.25) is 0 Å². The van der Waals surface area contributed by atoms with Gasteiger partial charge in [-0.1, -0.05) is 70.6 Å². The Hall–Kier alpha value is -2.07. The number of unbranched alkanes of at least 4 members (excludes halogenated alkanes) is 6. The van der Waals surface area contributed by atoms with E-state index in [2.05, 4.69) is 25.2 Å². The summed E-state index contributed by atoms with van der Waals surface area (Å²) in [6.45, 7) is 7.29. The van der Waals surface area contributed by atoms with Gasteiger partial charge >= 0.3 is 0 Å². The highest BCUT2D eigenvalue weighted by molar-refractivity contribution is 5.40. The van der Waals surface area contributed by atoms with Gasteiger partial charge in [0.25, 0.3) is 0 Å². The van der Waals surface area contributed by atoms with E-state index in [-0.39, 0.29) is 5.82 Å². The molecule has 166 valence electrons. The molecule has 2 aromatic rings. The van der Waals surface area contributed by atoms with E-state index >= 15 is 0 Å². The lowest BCUT2D eigenvalue weighted by Crippen LogP contribution is -2.14. The van der Waals surface area contributed by atoms with Crippen molar-refractivity contribution < 1.29 is 13.9 Å². The first kappa shape index (κ1) is 24.2. The Labute approximate surface area is 182 Å². The molecule has 0 heterocycles. The molecular weight excluding hydrogens is 377 g/mol. The van der Waals surface area contributed by atoms with Crippen LogP contribution in [0.25, 0.3) is 0 Å². The first-order valence-corrected chi connectivity index (χ1v) is 11.6. The average molecular weight is 416 g/mol. The lowest BCUT2D eigenvalue weighted by atomic mass is 10.1. The maximum atomic E-state index is 13.1. The zero-order chi connectivity index (χ0) is 21.4. The smallest absolute Gasteiger partial charge is 0.127 e. The number of rotatable bonds is 16. The highest BCUT2D eigenvalue weighted by Gasteiger charge is 2.07. The van der Waals surface area contributed by atoms with Gasteiger partial charge in [0.05, 0.1) is 13.2 Å². The Bertz CT molecular complexity index is 703. The largest absolute Gasteiger partial charge is 0.493 e. The van der Waals surface area contributed by atoms with Gasteiger partial charge in [0.1, 0.15) is 17.3 Å². The molecule has 0 unspecified atom stereocenters. The zero-order valence-electron chi connectivity index (χ0n) is 18.7. The number of halogens is 1. The summed E-state index contributed by atoms with van der Waals surface area (Å²) in [6.07, 6.45) is 9.52. The summed E-state index contributed by atoms with van der Waals surface area (Å²) >= 11 is 0. The van der Waals surface area contributed by atoms with E-state index in [0.717, 1.165) is 48.7 Å². The number of nitrogens with one attached hydrogen (secondary N) is 1. The molecule has 0 atom stereocenters. The maximum Gasteiger partial charge on any atom is 0.127 e. The van der Waals surface area contributed by atoms with Crippen LogP contribution in [0.2, 0.25) is 0 Å². The van der Waals surface area contributed by atoms with Gasteiger partial charge in [-0.25, -0.2) is 4.39 Å². The highest BCUT2D eigenvalue weighted by atomic mass is 19.1. The van der Waals surface area contributed by atoms with Crippen molar-refractivity contribution in [3.05, 3.63) is 59.4 Å². The number of hydrogen-bond acceptors (Lipinski definition) is 3. The molecule has 30 heavy (non-hydrogen) atoms. The van der Waals surface area contributed by atoms with Crippen LogP contribution in [-0.4, -0.2) is 13.2 Å². The summed E-state index contributed by atoms with van der Waals surface area (Å²) < 4.78 is 25.1. The van der Waals surface area contributed by atoms with E-state index in [4.69, 9.17) is 9.47 Å². The van der Waals surface area contributed by atoms with Gasteiger partial charge in [-0.3, -0.25) is 0 Å². The molecule has 0 aromatic heterocycles. The van der Waals surface area contributed by atoms with Gasteiger partial charge in [0.15, 0.2) is 0 Å². The van der Waals surface area contributed by atoms with Crippen molar-refractivity contribution in [1.82, 2.24) is 5.32 Å². The fraction of sp³-hybridized carbons (Fsp3) is 0.538. The van der Waals surface area contributed by atoms with Crippen molar-refractivity contribution in [2.24, 2.45) is 0 Å². The normalized spacial score (nSPS) is 10.9. The van der Waals surface area contributed by atoms with Crippen LogP contribution in [0.1, 0.15) is 76.3 Å². The van der Waals surface area contributed by atoms with Crippen LogP contribution in [0.3, 0.4) is 0 Å². The summed E-state index contributed by atoms with van der Waals surface area (Å²) in [5, 5.41) is 3.43. The van der Waals surface area contributed by atoms with Gasteiger partial charge in [-0.2, -0.15) is 0 Å². The van der Waals surface area contributed by atoms with Gasteiger partial charge in [-0.05, 0) is 36.6 Å². The minimum atomic E-state index is -0.206. The van der Waals surface area contributed by atoms with Crippen molar-refractivity contribution in [3.63, 3.8) is 0 Å². The molecule has 0 bridgehead atoms. The molecule has 0 aliphatic heterocycles. The Morgan fingerprint density at radius 2 is 1.40 bits per heavy atom. The first-order chi connectivity index (χ1) is 14.7. The lowest BCUT2D eigenvalue weighted by Gasteiger charge is -2.15.